The molecule has 0 unspecified atom stereocenters. The Labute approximate surface area is 52.2 Å². The third kappa shape index (κ3) is 74.3. The summed E-state index contributed by atoms with van der Waals surface area (Å²) < 4.78 is 0. The molecule has 0 saturated heterocycles. The second-order valence-electron chi connectivity index (χ2n) is 0.359. The Balaban J connectivity index is 0. The van der Waals surface area contributed by atoms with Crippen LogP contribution in [0.5, 0.6) is 0 Å². The standard InChI is InChI=1S/C2H6O.2ClH.Cu/c1-2-3;;;/h3H,2H2,1H3;2*1H;/q;;;+2/p-2. The number of hydrogen-bond acceptors (Lipinski definition) is 1. The third-order valence-electron chi connectivity index (χ3n) is 0. The molecule has 0 aliphatic heterocycles. The van der Waals surface area contributed by atoms with E-state index in [2.05, 4.69) is 20.2 Å². The average molecular weight is 181 g/mol. The maximum absolute atomic E-state index is 7.57. The average Bonchev–Trinajstić information content (AvgIpc) is 1.39. The quantitative estimate of drug-likeness (QED) is 0.559. The van der Waals surface area contributed by atoms with Crippen LogP contribution in [0, 0.1) is 0 Å². The summed E-state index contributed by atoms with van der Waals surface area (Å²) in [6, 6.07) is 0. The van der Waals surface area contributed by atoms with Gasteiger partial charge in [0.1, 0.15) is 0 Å². The Morgan fingerprint density at radius 3 is 1.67 bits per heavy atom. The van der Waals surface area contributed by atoms with Gasteiger partial charge in [0.2, 0.25) is 0 Å². The summed E-state index contributed by atoms with van der Waals surface area (Å²) in [5.74, 6) is 0. The molecule has 4 heteroatoms. The van der Waals surface area contributed by atoms with Gasteiger partial charge in [0.25, 0.3) is 0 Å². The second-order valence-corrected chi connectivity index (χ2v) is 1.91. The van der Waals surface area contributed by atoms with E-state index in [4.69, 9.17) is 5.11 Å². The molecule has 0 radical (unpaired) electrons. The van der Waals surface area contributed by atoms with Gasteiger partial charge in [-0.25, -0.2) is 0 Å². The van der Waals surface area contributed by atoms with Crippen molar-refractivity contribution in [2.75, 3.05) is 6.61 Å². The number of halogens is 2. The fourth-order valence-electron chi connectivity index (χ4n) is 0. The van der Waals surface area contributed by atoms with E-state index in [9.17, 15) is 0 Å². The molecule has 1 nitrogen and oxygen atoms in total. The molecule has 0 aromatic rings. The van der Waals surface area contributed by atoms with Crippen molar-refractivity contribution < 1.29 is 18.2 Å². The van der Waals surface area contributed by atoms with E-state index in [0.29, 0.717) is 0 Å². The van der Waals surface area contributed by atoms with Crippen LogP contribution >= 0.6 is 20.2 Å². The summed E-state index contributed by atoms with van der Waals surface area (Å²) in [5.41, 5.74) is 0. The van der Waals surface area contributed by atoms with Crippen molar-refractivity contribution in [1.82, 2.24) is 0 Å². The van der Waals surface area contributed by atoms with Crippen molar-refractivity contribution in [2.24, 2.45) is 0 Å². The molecule has 0 aliphatic rings. The first-order valence-corrected chi connectivity index (χ1v) is 3.84. The van der Waals surface area contributed by atoms with Crippen LogP contribution in [0.25, 0.3) is 0 Å². The van der Waals surface area contributed by atoms with Gasteiger partial charge in [-0.2, -0.15) is 0 Å². The fourth-order valence-corrected chi connectivity index (χ4v) is 0. The van der Waals surface area contributed by atoms with E-state index in [1.54, 1.807) is 6.92 Å². The fraction of sp³-hybridized carbons (Fsp3) is 1.00. The van der Waals surface area contributed by atoms with E-state index < -0.39 is 0 Å². The van der Waals surface area contributed by atoms with Crippen LogP contribution in [0.1, 0.15) is 6.92 Å². The number of aliphatic hydroxyl groups is 1. The van der Waals surface area contributed by atoms with Gasteiger partial charge in [0, 0.05) is 6.61 Å². The molecule has 0 aromatic carbocycles. The van der Waals surface area contributed by atoms with Crippen LogP contribution in [0.3, 0.4) is 0 Å². The summed E-state index contributed by atoms with van der Waals surface area (Å²) in [5, 5.41) is 7.57. The summed E-state index contributed by atoms with van der Waals surface area (Å²) in [7, 11) is 9.34. The minimum atomic E-state index is 0.250. The second kappa shape index (κ2) is 16.6. The van der Waals surface area contributed by atoms with E-state index >= 15 is 0 Å². The Hall–Kier alpha value is 1.06. The van der Waals surface area contributed by atoms with Crippen molar-refractivity contribution in [3.05, 3.63) is 0 Å². The molecule has 0 amide bonds. The van der Waals surface area contributed by atoms with Gasteiger partial charge in [-0.05, 0) is 6.92 Å². The van der Waals surface area contributed by atoms with E-state index in [-0.39, 0.29) is 6.61 Å². The van der Waals surface area contributed by atoms with E-state index in [1.807, 2.05) is 0 Å². The van der Waals surface area contributed by atoms with E-state index in [0.717, 1.165) is 13.1 Å². The zero-order valence-electron chi connectivity index (χ0n) is 3.21. The van der Waals surface area contributed by atoms with Gasteiger partial charge in [-0.15, -0.1) is 0 Å². The third-order valence-corrected chi connectivity index (χ3v) is 0. The molecule has 0 rings (SSSR count). The Morgan fingerprint density at radius 2 is 1.67 bits per heavy atom. The monoisotopic (exact) mass is 179 g/mol. The van der Waals surface area contributed by atoms with Crippen LogP contribution < -0.4 is 0 Å². The van der Waals surface area contributed by atoms with Crippen LogP contribution in [0.2, 0.25) is 0 Å². The van der Waals surface area contributed by atoms with Crippen LogP contribution in [0.4, 0.5) is 0 Å². The normalized spacial score (nSPS) is 6.67. The summed E-state index contributed by atoms with van der Waals surface area (Å²) in [6.45, 7) is 1.93. The molecule has 0 spiro atoms. The van der Waals surface area contributed by atoms with Gasteiger partial charge < -0.3 is 5.11 Å². The van der Waals surface area contributed by atoms with Gasteiger partial charge >= 0.3 is 33.3 Å². The molecule has 0 heterocycles. The molecule has 0 aliphatic carbocycles. The molecule has 45 valence electrons. The molecule has 0 atom stereocenters. The Morgan fingerprint density at radius 1 is 1.67 bits per heavy atom. The van der Waals surface area contributed by atoms with Crippen molar-refractivity contribution in [2.45, 2.75) is 6.92 Å². The van der Waals surface area contributed by atoms with Crippen LogP contribution in [-0.4, -0.2) is 11.7 Å². The van der Waals surface area contributed by atoms with Crippen molar-refractivity contribution in [1.29, 1.82) is 0 Å². The number of aliphatic hydroxyl groups excluding tert-OH is 1. The molecule has 6 heavy (non-hydrogen) atoms. The summed E-state index contributed by atoms with van der Waals surface area (Å²) >= 11 is 0.757. The zero-order chi connectivity index (χ0) is 5.41. The Bertz CT molecular complexity index is 13.5. The molecule has 0 bridgehead atoms. The first-order chi connectivity index (χ1) is 2.83. The van der Waals surface area contributed by atoms with Gasteiger partial charge in [-0.3, -0.25) is 0 Å². The Kier molecular flexibility index (Phi) is 28.0. The summed E-state index contributed by atoms with van der Waals surface area (Å²) in [6.07, 6.45) is 0. The topological polar surface area (TPSA) is 20.2 Å². The van der Waals surface area contributed by atoms with E-state index in [1.165, 1.54) is 0 Å². The van der Waals surface area contributed by atoms with Gasteiger partial charge in [0.15, 0.2) is 0 Å². The molecular weight excluding hydrogens is 174 g/mol. The van der Waals surface area contributed by atoms with Crippen molar-refractivity contribution >= 4 is 20.2 Å². The molecular formula is C2H6Cl2CuO. The predicted octanol–water partition coefficient (Wildman–Crippen LogP) is 1.38. The van der Waals surface area contributed by atoms with Crippen LogP contribution in [0.15, 0.2) is 0 Å². The molecule has 0 fully saturated rings. The first-order valence-electron chi connectivity index (χ1n) is 1.25. The first kappa shape index (κ1) is 10.1. The number of rotatable bonds is 0. The van der Waals surface area contributed by atoms with Gasteiger partial charge in [-0.1, -0.05) is 0 Å². The molecule has 1 N–H and O–H groups in total. The number of hydrogen-bond donors (Lipinski definition) is 1. The van der Waals surface area contributed by atoms with Gasteiger partial charge in [0.05, 0.1) is 0 Å². The zero-order valence-corrected chi connectivity index (χ0v) is 5.67. The van der Waals surface area contributed by atoms with Crippen molar-refractivity contribution in [3.63, 3.8) is 0 Å². The SMILES string of the molecule is CCO.[Cl][Cu][Cl]. The van der Waals surface area contributed by atoms with Crippen LogP contribution in [-0.2, 0) is 13.1 Å². The molecule has 0 saturated carbocycles. The molecule has 0 aromatic heterocycles. The van der Waals surface area contributed by atoms with Crippen molar-refractivity contribution in [3.8, 4) is 0 Å². The maximum atomic E-state index is 7.57. The predicted molar refractivity (Wildman–Crippen MR) is 24.5 cm³/mol. The minimum absolute atomic E-state index is 0.250. The summed E-state index contributed by atoms with van der Waals surface area (Å²) in [4.78, 5) is 0.